The second kappa shape index (κ2) is 4.89. The van der Waals surface area contributed by atoms with Crippen molar-refractivity contribution in [3.8, 4) is 5.88 Å². The summed E-state index contributed by atoms with van der Waals surface area (Å²) in [6.45, 7) is 0.361. The van der Waals surface area contributed by atoms with Gasteiger partial charge in [-0.15, -0.1) is 0 Å². The van der Waals surface area contributed by atoms with E-state index in [-0.39, 0.29) is 28.1 Å². The zero-order chi connectivity index (χ0) is 13.3. The number of nitro groups is 1. The normalized spacial score (nSPS) is 19.1. The molecular formula is C10H10BrN3O4. The molecule has 8 heteroatoms. The van der Waals surface area contributed by atoms with Gasteiger partial charge in [0, 0.05) is 29.9 Å². The van der Waals surface area contributed by atoms with E-state index >= 15 is 0 Å². The van der Waals surface area contributed by atoms with Gasteiger partial charge in [-0.2, -0.15) is 4.98 Å². The fourth-order valence-corrected chi connectivity index (χ4v) is 2.31. The molecule has 0 aliphatic carbocycles. The SMILES string of the molecule is COc1ccc([N+](=O)[O-])c(N2CC(Br)CC2=O)n1. The second-order valence-corrected chi connectivity index (χ2v) is 5.05. The molecule has 1 saturated heterocycles. The lowest BCUT2D eigenvalue weighted by Gasteiger charge is -2.15. The molecule has 1 aliphatic heterocycles. The van der Waals surface area contributed by atoms with Gasteiger partial charge in [0.1, 0.15) is 0 Å². The standard InChI is InChI=1S/C10H10BrN3O4/c1-18-8-3-2-7(14(16)17)10(12-8)13-5-6(11)4-9(13)15/h2-3,6H,4-5H2,1H3. The lowest BCUT2D eigenvalue weighted by atomic mass is 10.3. The van der Waals surface area contributed by atoms with E-state index in [0.717, 1.165) is 0 Å². The van der Waals surface area contributed by atoms with Gasteiger partial charge in [-0.1, -0.05) is 15.9 Å². The van der Waals surface area contributed by atoms with Crippen molar-refractivity contribution in [2.24, 2.45) is 0 Å². The molecular weight excluding hydrogens is 306 g/mol. The molecule has 1 atom stereocenters. The van der Waals surface area contributed by atoms with Gasteiger partial charge < -0.3 is 4.74 Å². The monoisotopic (exact) mass is 315 g/mol. The molecule has 7 nitrogen and oxygen atoms in total. The molecule has 1 amide bonds. The zero-order valence-electron chi connectivity index (χ0n) is 9.50. The molecule has 2 heterocycles. The van der Waals surface area contributed by atoms with Gasteiger partial charge in [0.25, 0.3) is 0 Å². The fraction of sp³-hybridized carbons (Fsp3) is 0.400. The van der Waals surface area contributed by atoms with Crippen LogP contribution in [-0.2, 0) is 4.79 Å². The van der Waals surface area contributed by atoms with Crippen molar-refractivity contribution in [2.45, 2.75) is 11.2 Å². The highest BCUT2D eigenvalue weighted by atomic mass is 79.9. The summed E-state index contributed by atoms with van der Waals surface area (Å²) in [5.74, 6) is 0.0773. The maximum absolute atomic E-state index is 11.8. The van der Waals surface area contributed by atoms with Gasteiger partial charge in [0.05, 0.1) is 12.0 Å². The summed E-state index contributed by atoms with van der Waals surface area (Å²) in [4.78, 5) is 27.4. The number of ether oxygens (including phenoxy) is 1. The van der Waals surface area contributed by atoms with E-state index < -0.39 is 4.92 Å². The van der Waals surface area contributed by atoms with E-state index in [1.54, 1.807) is 0 Å². The Labute approximate surface area is 111 Å². The van der Waals surface area contributed by atoms with Gasteiger partial charge >= 0.3 is 5.69 Å². The van der Waals surface area contributed by atoms with Crippen LogP contribution in [0.25, 0.3) is 0 Å². The van der Waals surface area contributed by atoms with Gasteiger partial charge in [0.15, 0.2) is 0 Å². The van der Waals surface area contributed by atoms with Crippen LogP contribution in [0.5, 0.6) is 5.88 Å². The smallest absolute Gasteiger partial charge is 0.312 e. The summed E-state index contributed by atoms with van der Waals surface area (Å²) in [5, 5.41) is 10.9. The molecule has 96 valence electrons. The minimum absolute atomic E-state index is 0.0161. The van der Waals surface area contributed by atoms with Gasteiger partial charge in [-0.3, -0.25) is 19.8 Å². The Morgan fingerprint density at radius 1 is 1.61 bits per heavy atom. The van der Waals surface area contributed by atoms with E-state index in [1.165, 1.54) is 24.1 Å². The number of halogens is 1. The van der Waals surface area contributed by atoms with Crippen LogP contribution < -0.4 is 9.64 Å². The molecule has 1 unspecified atom stereocenters. The quantitative estimate of drug-likeness (QED) is 0.479. The number of carbonyl (C=O) groups excluding carboxylic acids is 1. The van der Waals surface area contributed by atoms with Crippen molar-refractivity contribution in [3.05, 3.63) is 22.2 Å². The van der Waals surface area contributed by atoms with Crippen molar-refractivity contribution < 1.29 is 14.5 Å². The molecule has 0 N–H and O–H groups in total. The first-order chi connectivity index (χ1) is 8.52. The Morgan fingerprint density at radius 2 is 2.33 bits per heavy atom. The maximum atomic E-state index is 11.8. The number of nitrogens with zero attached hydrogens (tertiary/aromatic N) is 3. The number of amides is 1. The number of anilines is 1. The van der Waals surface area contributed by atoms with Crippen LogP contribution in [0.15, 0.2) is 12.1 Å². The molecule has 2 rings (SSSR count). The predicted molar refractivity (Wildman–Crippen MR) is 67.1 cm³/mol. The Kier molecular flexibility index (Phi) is 3.46. The third-order valence-corrected chi connectivity index (χ3v) is 3.18. The molecule has 1 aliphatic rings. The third-order valence-electron chi connectivity index (χ3n) is 2.57. The molecule has 0 radical (unpaired) electrons. The Balaban J connectivity index is 2.47. The maximum Gasteiger partial charge on any atom is 0.312 e. The fourth-order valence-electron chi connectivity index (χ4n) is 1.75. The predicted octanol–water partition coefficient (Wildman–Crippen LogP) is 1.50. The van der Waals surface area contributed by atoms with Crippen LogP contribution in [0.2, 0.25) is 0 Å². The largest absolute Gasteiger partial charge is 0.481 e. The molecule has 0 spiro atoms. The average molecular weight is 316 g/mol. The molecule has 1 aromatic rings. The van der Waals surface area contributed by atoms with Crippen LogP contribution in [0.4, 0.5) is 11.5 Å². The summed E-state index contributed by atoms with van der Waals surface area (Å²) < 4.78 is 4.93. The Morgan fingerprint density at radius 3 is 2.83 bits per heavy atom. The Hall–Kier alpha value is -1.70. The summed E-state index contributed by atoms with van der Waals surface area (Å²) in [5.41, 5.74) is -0.203. The van der Waals surface area contributed by atoms with Crippen molar-refractivity contribution in [2.75, 3.05) is 18.6 Å². The van der Waals surface area contributed by atoms with E-state index in [0.29, 0.717) is 13.0 Å². The highest BCUT2D eigenvalue weighted by Crippen LogP contribution is 2.32. The molecule has 0 aromatic carbocycles. The number of alkyl halides is 1. The number of carbonyl (C=O) groups is 1. The minimum atomic E-state index is -0.559. The first-order valence-corrected chi connectivity index (χ1v) is 6.08. The number of rotatable bonds is 3. The van der Waals surface area contributed by atoms with E-state index in [4.69, 9.17) is 4.74 Å². The highest BCUT2D eigenvalue weighted by molar-refractivity contribution is 9.09. The lowest BCUT2D eigenvalue weighted by molar-refractivity contribution is -0.384. The van der Waals surface area contributed by atoms with Crippen LogP contribution in [0.1, 0.15) is 6.42 Å². The number of pyridine rings is 1. The zero-order valence-corrected chi connectivity index (χ0v) is 11.1. The van der Waals surface area contributed by atoms with Crippen LogP contribution >= 0.6 is 15.9 Å². The van der Waals surface area contributed by atoms with Crippen LogP contribution in [0.3, 0.4) is 0 Å². The second-order valence-electron chi connectivity index (χ2n) is 3.76. The van der Waals surface area contributed by atoms with Crippen molar-refractivity contribution >= 4 is 33.3 Å². The molecule has 1 fully saturated rings. The molecule has 1 aromatic heterocycles. The summed E-state index contributed by atoms with van der Waals surface area (Å²) >= 11 is 3.32. The third kappa shape index (κ3) is 2.28. The van der Waals surface area contributed by atoms with Gasteiger partial charge in [0.2, 0.25) is 17.6 Å². The molecule has 0 saturated carbocycles. The van der Waals surface area contributed by atoms with Crippen molar-refractivity contribution in [3.63, 3.8) is 0 Å². The average Bonchev–Trinajstić information content (AvgIpc) is 2.67. The number of hydrogen-bond acceptors (Lipinski definition) is 5. The first kappa shape index (κ1) is 12.7. The first-order valence-electron chi connectivity index (χ1n) is 5.16. The lowest BCUT2D eigenvalue weighted by Crippen LogP contribution is -2.26. The van der Waals surface area contributed by atoms with E-state index in [1.807, 2.05) is 0 Å². The van der Waals surface area contributed by atoms with Crippen molar-refractivity contribution in [1.29, 1.82) is 0 Å². The number of hydrogen-bond donors (Lipinski definition) is 0. The highest BCUT2D eigenvalue weighted by Gasteiger charge is 2.34. The van der Waals surface area contributed by atoms with Crippen LogP contribution in [-0.4, -0.2) is 34.3 Å². The minimum Gasteiger partial charge on any atom is -0.481 e. The summed E-state index contributed by atoms with van der Waals surface area (Å²) in [6, 6.07) is 2.68. The topological polar surface area (TPSA) is 85.6 Å². The van der Waals surface area contributed by atoms with E-state index in [2.05, 4.69) is 20.9 Å². The summed E-state index contributed by atoms with van der Waals surface area (Å²) in [7, 11) is 1.41. The van der Waals surface area contributed by atoms with E-state index in [9.17, 15) is 14.9 Å². The molecule has 18 heavy (non-hydrogen) atoms. The van der Waals surface area contributed by atoms with Crippen LogP contribution in [0, 0.1) is 10.1 Å². The molecule has 0 bridgehead atoms. The number of methoxy groups -OCH3 is 1. The Bertz CT molecular complexity index is 508. The van der Waals surface area contributed by atoms with Gasteiger partial charge in [-0.05, 0) is 0 Å². The van der Waals surface area contributed by atoms with Gasteiger partial charge in [-0.25, -0.2) is 0 Å². The van der Waals surface area contributed by atoms with Crippen molar-refractivity contribution in [1.82, 2.24) is 4.98 Å². The number of aromatic nitrogens is 1. The summed E-state index contributed by atoms with van der Waals surface area (Å²) in [6.07, 6.45) is 0.302.